The van der Waals surface area contributed by atoms with Gasteiger partial charge in [-0.15, -0.1) is 0 Å². The van der Waals surface area contributed by atoms with Crippen LogP contribution in [-0.2, 0) is 6.42 Å². The van der Waals surface area contributed by atoms with Crippen molar-refractivity contribution in [3.63, 3.8) is 0 Å². The van der Waals surface area contributed by atoms with Gasteiger partial charge in [0.2, 0.25) is 0 Å². The highest BCUT2D eigenvalue weighted by Crippen LogP contribution is 2.27. The SMILES string of the molecule is NCCc1ccc2c(c1)C(=O)c1ccccc1C2=O. The fraction of sp³-hybridized carbons (Fsp3) is 0.125. The summed E-state index contributed by atoms with van der Waals surface area (Å²) in [6, 6.07) is 12.3. The highest BCUT2D eigenvalue weighted by molar-refractivity contribution is 6.28. The molecule has 3 nitrogen and oxygen atoms in total. The van der Waals surface area contributed by atoms with Crippen molar-refractivity contribution >= 4 is 11.6 Å². The van der Waals surface area contributed by atoms with E-state index in [-0.39, 0.29) is 11.6 Å². The zero-order valence-electron chi connectivity index (χ0n) is 10.3. The molecule has 0 aromatic heterocycles. The van der Waals surface area contributed by atoms with Crippen LogP contribution < -0.4 is 5.73 Å². The van der Waals surface area contributed by atoms with Crippen molar-refractivity contribution in [3.8, 4) is 0 Å². The molecule has 0 radical (unpaired) electrons. The number of carbonyl (C=O) groups is 2. The van der Waals surface area contributed by atoms with Gasteiger partial charge < -0.3 is 5.73 Å². The number of ketones is 2. The minimum atomic E-state index is -0.0796. The van der Waals surface area contributed by atoms with Crippen molar-refractivity contribution in [3.05, 3.63) is 70.3 Å². The largest absolute Gasteiger partial charge is 0.330 e. The van der Waals surface area contributed by atoms with Gasteiger partial charge in [-0.2, -0.15) is 0 Å². The summed E-state index contributed by atoms with van der Waals surface area (Å²) in [6.45, 7) is 0.525. The second-order valence-electron chi connectivity index (χ2n) is 4.62. The Morgan fingerprint density at radius 2 is 1.37 bits per heavy atom. The van der Waals surface area contributed by atoms with E-state index in [1.807, 2.05) is 6.07 Å². The molecule has 0 saturated carbocycles. The van der Waals surface area contributed by atoms with Gasteiger partial charge in [0.15, 0.2) is 11.6 Å². The zero-order chi connectivity index (χ0) is 13.4. The molecule has 0 aliphatic heterocycles. The van der Waals surface area contributed by atoms with Crippen LogP contribution in [0.15, 0.2) is 42.5 Å². The summed E-state index contributed by atoms with van der Waals surface area (Å²) in [4.78, 5) is 24.8. The predicted molar refractivity (Wildman–Crippen MR) is 72.5 cm³/mol. The minimum Gasteiger partial charge on any atom is -0.330 e. The van der Waals surface area contributed by atoms with Gasteiger partial charge in [-0.25, -0.2) is 0 Å². The third-order valence-corrected chi connectivity index (χ3v) is 3.42. The Labute approximate surface area is 111 Å². The molecule has 0 unspecified atom stereocenters. The summed E-state index contributed by atoms with van der Waals surface area (Å²) >= 11 is 0. The molecule has 2 aromatic rings. The van der Waals surface area contributed by atoms with Gasteiger partial charge in [0.05, 0.1) is 0 Å². The Kier molecular flexibility index (Phi) is 2.76. The van der Waals surface area contributed by atoms with Crippen LogP contribution >= 0.6 is 0 Å². The molecule has 0 saturated heterocycles. The van der Waals surface area contributed by atoms with Gasteiger partial charge in [-0.3, -0.25) is 9.59 Å². The molecule has 19 heavy (non-hydrogen) atoms. The van der Waals surface area contributed by atoms with Gasteiger partial charge in [0, 0.05) is 22.3 Å². The number of nitrogens with two attached hydrogens (primary N) is 1. The zero-order valence-corrected chi connectivity index (χ0v) is 10.3. The lowest BCUT2D eigenvalue weighted by atomic mass is 9.83. The van der Waals surface area contributed by atoms with E-state index in [9.17, 15) is 9.59 Å². The Bertz CT molecular complexity index is 689. The summed E-state index contributed by atoms with van der Waals surface area (Å²) in [5.41, 5.74) is 8.48. The molecule has 0 amide bonds. The fourth-order valence-corrected chi connectivity index (χ4v) is 2.47. The lowest BCUT2D eigenvalue weighted by Crippen LogP contribution is -2.21. The highest BCUT2D eigenvalue weighted by Gasteiger charge is 2.29. The Morgan fingerprint density at radius 1 is 0.789 bits per heavy atom. The monoisotopic (exact) mass is 251 g/mol. The molecule has 0 bridgehead atoms. The standard InChI is InChI=1S/C16H13NO2/c17-8-7-10-5-6-13-14(9-10)16(19)12-4-2-1-3-11(12)15(13)18/h1-6,9H,7-8,17H2. The maximum Gasteiger partial charge on any atom is 0.194 e. The first-order valence-electron chi connectivity index (χ1n) is 6.24. The molecule has 1 aliphatic rings. The quantitative estimate of drug-likeness (QED) is 0.757. The van der Waals surface area contributed by atoms with E-state index in [0.717, 1.165) is 5.56 Å². The maximum atomic E-state index is 12.4. The number of hydrogen-bond acceptors (Lipinski definition) is 3. The van der Waals surface area contributed by atoms with E-state index in [1.165, 1.54) is 0 Å². The first kappa shape index (κ1) is 11.8. The molecule has 3 heteroatoms. The van der Waals surface area contributed by atoms with Gasteiger partial charge in [0.25, 0.3) is 0 Å². The molecule has 94 valence electrons. The molecular weight excluding hydrogens is 238 g/mol. The normalized spacial score (nSPS) is 13.1. The number of benzene rings is 2. The number of fused-ring (bicyclic) bond motifs is 2. The van der Waals surface area contributed by atoms with Gasteiger partial charge in [-0.05, 0) is 24.6 Å². The van der Waals surface area contributed by atoms with Crippen LogP contribution in [0.1, 0.15) is 37.4 Å². The third kappa shape index (κ3) is 1.79. The molecule has 2 aromatic carbocycles. The Morgan fingerprint density at radius 3 is 2.00 bits per heavy atom. The Balaban J connectivity index is 2.18. The van der Waals surface area contributed by atoms with Gasteiger partial charge >= 0.3 is 0 Å². The fourth-order valence-electron chi connectivity index (χ4n) is 2.47. The van der Waals surface area contributed by atoms with E-state index >= 15 is 0 Å². The number of rotatable bonds is 2. The van der Waals surface area contributed by atoms with Crippen molar-refractivity contribution in [1.82, 2.24) is 0 Å². The summed E-state index contributed by atoms with van der Waals surface area (Å²) < 4.78 is 0. The summed E-state index contributed by atoms with van der Waals surface area (Å²) in [6.07, 6.45) is 0.705. The van der Waals surface area contributed by atoms with Crippen LogP contribution in [0.5, 0.6) is 0 Å². The number of carbonyl (C=O) groups excluding carboxylic acids is 2. The van der Waals surface area contributed by atoms with E-state index in [2.05, 4.69) is 0 Å². The van der Waals surface area contributed by atoms with Crippen molar-refractivity contribution in [2.45, 2.75) is 6.42 Å². The first-order chi connectivity index (χ1) is 9.22. The van der Waals surface area contributed by atoms with Crippen LogP contribution in [0.3, 0.4) is 0 Å². The average Bonchev–Trinajstić information content (AvgIpc) is 2.45. The lowest BCUT2D eigenvalue weighted by molar-refractivity contribution is 0.0979. The highest BCUT2D eigenvalue weighted by atomic mass is 16.1. The molecule has 0 heterocycles. The number of hydrogen-bond donors (Lipinski definition) is 1. The van der Waals surface area contributed by atoms with Crippen LogP contribution in [0, 0.1) is 0 Å². The molecular formula is C16H13NO2. The van der Waals surface area contributed by atoms with Crippen molar-refractivity contribution in [2.75, 3.05) is 6.54 Å². The average molecular weight is 251 g/mol. The lowest BCUT2D eigenvalue weighted by Gasteiger charge is -2.17. The molecule has 0 fully saturated rings. The van der Waals surface area contributed by atoms with Crippen LogP contribution in [0.4, 0.5) is 0 Å². The Hall–Kier alpha value is -2.26. The summed E-state index contributed by atoms with van der Waals surface area (Å²) in [5, 5.41) is 0. The van der Waals surface area contributed by atoms with Crippen molar-refractivity contribution in [2.24, 2.45) is 5.73 Å². The van der Waals surface area contributed by atoms with E-state index in [4.69, 9.17) is 5.73 Å². The van der Waals surface area contributed by atoms with Gasteiger partial charge in [-0.1, -0.05) is 36.4 Å². The topological polar surface area (TPSA) is 60.2 Å². The second kappa shape index (κ2) is 4.44. The van der Waals surface area contributed by atoms with Crippen molar-refractivity contribution < 1.29 is 9.59 Å². The van der Waals surface area contributed by atoms with Crippen LogP contribution in [-0.4, -0.2) is 18.1 Å². The van der Waals surface area contributed by atoms with E-state index in [0.29, 0.717) is 35.2 Å². The van der Waals surface area contributed by atoms with E-state index in [1.54, 1.807) is 36.4 Å². The van der Waals surface area contributed by atoms with Crippen LogP contribution in [0.25, 0.3) is 0 Å². The van der Waals surface area contributed by atoms with Crippen molar-refractivity contribution in [1.29, 1.82) is 0 Å². The summed E-state index contributed by atoms with van der Waals surface area (Å²) in [7, 11) is 0. The minimum absolute atomic E-state index is 0.0792. The second-order valence-corrected chi connectivity index (χ2v) is 4.62. The molecule has 2 N–H and O–H groups in total. The predicted octanol–water partition coefficient (Wildman–Crippen LogP) is 1.96. The molecule has 0 atom stereocenters. The third-order valence-electron chi connectivity index (χ3n) is 3.42. The first-order valence-corrected chi connectivity index (χ1v) is 6.24. The molecule has 1 aliphatic carbocycles. The maximum absolute atomic E-state index is 12.4. The smallest absolute Gasteiger partial charge is 0.194 e. The summed E-state index contributed by atoms with van der Waals surface area (Å²) in [5.74, 6) is -0.159. The molecule has 3 rings (SSSR count). The van der Waals surface area contributed by atoms with Gasteiger partial charge in [0.1, 0.15) is 0 Å². The van der Waals surface area contributed by atoms with Crippen LogP contribution in [0.2, 0.25) is 0 Å². The van der Waals surface area contributed by atoms with E-state index < -0.39 is 0 Å². The molecule has 0 spiro atoms.